The van der Waals surface area contributed by atoms with Crippen molar-refractivity contribution in [3.8, 4) is 0 Å². The number of halogens is 4. The molecule has 6 heteroatoms. The summed E-state index contributed by atoms with van der Waals surface area (Å²) in [6.45, 7) is 0.00205. The van der Waals surface area contributed by atoms with Crippen molar-refractivity contribution in [2.75, 3.05) is 6.61 Å². The van der Waals surface area contributed by atoms with Crippen LogP contribution in [-0.4, -0.2) is 11.7 Å². The smallest absolute Gasteiger partial charge is 0.396 e. The monoisotopic (exact) mass is 267 g/mol. The van der Waals surface area contributed by atoms with E-state index in [2.05, 4.69) is 0 Å². The zero-order valence-electron chi connectivity index (χ0n) is 8.97. The van der Waals surface area contributed by atoms with Crippen LogP contribution in [0.4, 0.5) is 13.2 Å². The van der Waals surface area contributed by atoms with Gasteiger partial charge in [0, 0.05) is 12.6 Å². The molecule has 2 nitrogen and oxygen atoms in total. The number of aliphatic hydroxyl groups excluding tert-OH is 1. The zero-order valence-corrected chi connectivity index (χ0v) is 9.72. The van der Waals surface area contributed by atoms with Crippen molar-refractivity contribution in [2.45, 2.75) is 25.1 Å². The van der Waals surface area contributed by atoms with E-state index >= 15 is 0 Å². The molecule has 0 radical (unpaired) electrons. The standard InChI is InChI=1S/C11H13ClF3NO/c12-9-6-7(10(16)2-1-5-17)3-4-8(9)11(13,14)15/h3-4,6,10,17H,1-2,5,16H2/t10-/m0/s1. The minimum atomic E-state index is -4.45. The average Bonchev–Trinajstić information content (AvgIpc) is 2.23. The van der Waals surface area contributed by atoms with Gasteiger partial charge in [0.25, 0.3) is 0 Å². The number of aliphatic hydroxyl groups is 1. The van der Waals surface area contributed by atoms with Gasteiger partial charge in [0.1, 0.15) is 0 Å². The molecule has 0 fully saturated rings. The van der Waals surface area contributed by atoms with Gasteiger partial charge in [-0.15, -0.1) is 0 Å². The highest BCUT2D eigenvalue weighted by Gasteiger charge is 2.33. The maximum Gasteiger partial charge on any atom is 0.417 e. The van der Waals surface area contributed by atoms with Crippen molar-refractivity contribution in [2.24, 2.45) is 5.73 Å². The predicted molar refractivity (Wildman–Crippen MR) is 59.7 cm³/mol. The Morgan fingerprint density at radius 3 is 2.47 bits per heavy atom. The van der Waals surface area contributed by atoms with Gasteiger partial charge >= 0.3 is 6.18 Å². The molecule has 0 bridgehead atoms. The molecule has 1 aromatic rings. The highest BCUT2D eigenvalue weighted by Crippen LogP contribution is 2.35. The van der Waals surface area contributed by atoms with Crippen molar-refractivity contribution in [3.05, 3.63) is 34.3 Å². The minimum Gasteiger partial charge on any atom is -0.396 e. The highest BCUT2D eigenvalue weighted by molar-refractivity contribution is 6.31. The molecule has 0 heterocycles. The van der Waals surface area contributed by atoms with E-state index in [9.17, 15) is 13.2 Å². The van der Waals surface area contributed by atoms with Crippen LogP contribution in [0.2, 0.25) is 5.02 Å². The van der Waals surface area contributed by atoms with Gasteiger partial charge in [-0.2, -0.15) is 13.2 Å². The summed E-state index contributed by atoms with van der Waals surface area (Å²) in [7, 11) is 0. The van der Waals surface area contributed by atoms with Crippen molar-refractivity contribution in [3.63, 3.8) is 0 Å². The highest BCUT2D eigenvalue weighted by atomic mass is 35.5. The molecule has 0 aliphatic heterocycles. The Hall–Kier alpha value is -0.780. The van der Waals surface area contributed by atoms with Crippen LogP contribution in [0.1, 0.15) is 30.0 Å². The Bertz CT molecular complexity index is 381. The molecule has 1 atom stereocenters. The van der Waals surface area contributed by atoms with Crippen molar-refractivity contribution < 1.29 is 18.3 Å². The van der Waals surface area contributed by atoms with Gasteiger partial charge < -0.3 is 10.8 Å². The number of hydrogen-bond acceptors (Lipinski definition) is 2. The Balaban J connectivity index is 2.89. The van der Waals surface area contributed by atoms with Crippen molar-refractivity contribution in [1.82, 2.24) is 0 Å². The molecular formula is C11H13ClF3NO. The molecule has 0 spiro atoms. The van der Waals surface area contributed by atoms with E-state index in [1.54, 1.807) is 0 Å². The first-order chi connectivity index (χ1) is 7.86. The van der Waals surface area contributed by atoms with Crippen LogP contribution in [-0.2, 0) is 6.18 Å². The predicted octanol–water partition coefficient (Wildman–Crippen LogP) is 3.13. The number of nitrogens with two attached hydrogens (primary N) is 1. The maximum atomic E-state index is 12.4. The second-order valence-electron chi connectivity index (χ2n) is 3.71. The molecule has 17 heavy (non-hydrogen) atoms. The quantitative estimate of drug-likeness (QED) is 0.880. The Kier molecular flexibility index (Phi) is 4.80. The lowest BCUT2D eigenvalue weighted by molar-refractivity contribution is -0.137. The van der Waals surface area contributed by atoms with E-state index in [0.717, 1.165) is 6.07 Å². The third-order valence-corrected chi connectivity index (χ3v) is 2.71. The van der Waals surface area contributed by atoms with Crippen LogP contribution < -0.4 is 5.73 Å². The Morgan fingerprint density at radius 2 is 2.00 bits per heavy atom. The fourth-order valence-corrected chi connectivity index (χ4v) is 1.77. The Morgan fingerprint density at radius 1 is 1.35 bits per heavy atom. The number of alkyl halides is 3. The summed E-state index contributed by atoms with van der Waals surface area (Å²) in [5, 5.41) is 8.28. The first-order valence-corrected chi connectivity index (χ1v) is 5.47. The van der Waals surface area contributed by atoms with Gasteiger partial charge in [-0.25, -0.2) is 0 Å². The fraction of sp³-hybridized carbons (Fsp3) is 0.455. The van der Waals surface area contributed by atoms with Crippen molar-refractivity contribution in [1.29, 1.82) is 0 Å². The van der Waals surface area contributed by atoms with Gasteiger partial charge in [0.15, 0.2) is 0 Å². The average molecular weight is 268 g/mol. The first-order valence-electron chi connectivity index (χ1n) is 5.09. The molecule has 0 aliphatic carbocycles. The van der Waals surface area contributed by atoms with Crippen LogP contribution in [0.25, 0.3) is 0 Å². The zero-order chi connectivity index (χ0) is 13.1. The molecule has 0 aromatic heterocycles. The van der Waals surface area contributed by atoms with Crippen LogP contribution in [0, 0.1) is 0 Å². The van der Waals surface area contributed by atoms with Crippen LogP contribution >= 0.6 is 11.6 Å². The SMILES string of the molecule is N[C@@H](CCCO)c1ccc(C(F)(F)F)c(Cl)c1. The third kappa shape index (κ3) is 3.87. The van der Waals surface area contributed by atoms with Crippen molar-refractivity contribution >= 4 is 11.6 Å². The summed E-state index contributed by atoms with van der Waals surface area (Å²) in [5.41, 5.74) is 5.43. The molecule has 0 unspecified atom stereocenters. The molecule has 0 saturated carbocycles. The summed E-state index contributed by atoms with van der Waals surface area (Å²) >= 11 is 5.57. The summed E-state index contributed by atoms with van der Waals surface area (Å²) in [6, 6.07) is 3.06. The molecule has 0 aliphatic rings. The van der Waals surface area contributed by atoms with Crippen LogP contribution in [0.5, 0.6) is 0 Å². The second kappa shape index (κ2) is 5.71. The summed E-state index contributed by atoms with van der Waals surface area (Å²) in [6.07, 6.45) is -3.46. The van der Waals surface area contributed by atoms with Gasteiger partial charge in [-0.3, -0.25) is 0 Å². The van der Waals surface area contributed by atoms with Gasteiger partial charge in [-0.05, 0) is 30.5 Å². The van der Waals surface area contributed by atoms with E-state index in [1.807, 2.05) is 0 Å². The van der Waals surface area contributed by atoms with E-state index in [-0.39, 0.29) is 11.6 Å². The topological polar surface area (TPSA) is 46.2 Å². The molecule has 1 aromatic carbocycles. The van der Waals surface area contributed by atoms with Gasteiger partial charge in [-0.1, -0.05) is 17.7 Å². The van der Waals surface area contributed by atoms with Gasteiger partial charge in [0.05, 0.1) is 10.6 Å². The third-order valence-electron chi connectivity index (χ3n) is 2.40. The maximum absolute atomic E-state index is 12.4. The van der Waals surface area contributed by atoms with E-state index < -0.39 is 17.8 Å². The first kappa shape index (κ1) is 14.3. The lowest BCUT2D eigenvalue weighted by atomic mass is 10.0. The molecule has 1 rings (SSSR count). The number of hydrogen-bond donors (Lipinski definition) is 2. The van der Waals surface area contributed by atoms with Crippen LogP contribution in [0.3, 0.4) is 0 Å². The largest absolute Gasteiger partial charge is 0.417 e. The van der Waals surface area contributed by atoms with E-state index in [0.29, 0.717) is 18.4 Å². The van der Waals surface area contributed by atoms with E-state index in [4.69, 9.17) is 22.4 Å². The summed E-state index contributed by atoms with van der Waals surface area (Å²) in [4.78, 5) is 0. The molecular weight excluding hydrogens is 255 g/mol. The lowest BCUT2D eigenvalue weighted by Gasteiger charge is -2.14. The number of benzene rings is 1. The molecule has 0 saturated heterocycles. The normalized spacial score (nSPS) is 13.8. The Labute approximate surface area is 102 Å². The van der Waals surface area contributed by atoms with Crippen LogP contribution in [0.15, 0.2) is 18.2 Å². The lowest BCUT2D eigenvalue weighted by Crippen LogP contribution is -2.12. The molecule has 0 amide bonds. The number of rotatable bonds is 4. The van der Waals surface area contributed by atoms with Gasteiger partial charge in [0.2, 0.25) is 0 Å². The molecule has 96 valence electrons. The minimum absolute atomic E-state index is 0.00205. The molecule has 3 N–H and O–H groups in total. The fourth-order valence-electron chi connectivity index (χ4n) is 1.47. The van der Waals surface area contributed by atoms with E-state index in [1.165, 1.54) is 12.1 Å². The summed E-state index contributed by atoms with van der Waals surface area (Å²) < 4.78 is 37.3. The second-order valence-corrected chi connectivity index (χ2v) is 4.12. The summed E-state index contributed by atoms with van der Waals surface area (Å²) in [5.74, 6) is 0.